The van der Waals surface area contributed by atoms with Crippen LogP contribution in [-0.4, -0.2) is 21.7 Å². The van der Waals surface area contributed by atoms with E-state index in [0.29, 0.717) is 0 Å². The number of nitrogens with zero attached hydrogens (tertiary/aromatic N) is 3. The third-order valence-electron chi connectivity index (χ3n) is 1.95. The molecule has 1 aromatic heterocycles. The van der Waals surface area contributed by atoms with Gasteiger partial charge in [0, 0.05) is 6.54 Å². The maximum absolute atomic E-state index is 4.22. The minimum absolute atomic E-state index is 0.948. The van der Waals surface area contributed by atoms with Gasteiger partial charge in [-0.05, 0) is 19.5 Å². The minimum Gasteiger partial charge on any atom is -0.282 e. The van der Waals surface area contributed by atoms with Gasteiger partial charge in [-0.1, -0.05) is 0 Å². The van der Waals surface area contributed by atoms with E-state index in [1.807, 2.05) is 6.20 Å². The van der Waals surface area contributed by atoms with Gasteiger partial charge in [0.15, 0.2) is 0 Å². The van der Waals surface area contributed by atoms with Crippen molar-refractivity contribution in [2.24, 2.45) is 0 Å². The Morgan fingerprint density at radius 3 is 3.10 bits per heavy atom. The Labute approximate surface area is 60.3 Å². The number of hydrogen-bond donors (Lipinski definition) is 0. The van der Waals surface area contributed by atoms with Gasteiger partial charge in [0.1, 0.15) is 0 Å². The zero-order chi connectivity index (χ0) is 7.14. The molecule has 2 heterocycles. The molecule has 0 saturated heterocycles. The van der Waals surface area contributed by atoms with Gasteiger partial charge in [-0.3, -0.25) is 9.58 Å². The zero-order valence-electron chi connectivity index (χ0n) is 6.33. The molecule has 54 valence electrons. The summed E-state index contributed by atoms with van der Waals surface area (Å²) in [4.78, 5) is 2.25. The van der Waals surface area contributed by atoms with E-state index in [0.717, 1.165) is 13.2 Å². The summed E-state index contributed by atoms with van der Waals surface area (Å²) in [6.07, 6.45) is 1.93. The Balaban J connectivity index is 2.44. The molecular weight excluding hydrogens is 126 g/mol. The number of rotatable bonds is 0. The fourth-order valence-corrected chi connectivity index (χ4v) is 1.37. The Bertz CT molecular complexity index is 251. The van der Waals surface area contributed by atoms with Gasteiger partial charge in [0.05, 0.1) is 18.6 Å². The van der Waals surface area contributed by atoms with Crippen LogP contribution in [0.25, 0.3) is 0 Å². The molecule has 0 bridgehead atoms. The van der Waals surface area contributed by atoms with E-state index in [-0.39, 0.29) is 0 Å². The summed E-state index contributed by atoms with van der Waals surface area (Å²) < 4.78 is 2.05. The predicted octanol–water partition coefficient (Wildman–Crippen LogP) is 0.594. The lowest BCUT2D eigenvalue weighted by Gasteiger charge is -2.02. The van der Waals surface area contributed by atoms with E-state index in [4.69, 9.17) is 0 Å². The smallest absolute Gasteiger partial charge is 0.0933 e. The molecule has 0 radical (unpaired) electrons. The highest BCUT2D eigenvalue weighted by Crippen LogP contribution is 2.15. The first-order valence-corrected chi connectivity index (χ1v) is 3.47. The normalized spacial score (nSPS) is 17.8. The average molecular weight is 137 g/mol. The topological polar surface area (TPSA) is 21.1 Å². The summed E-state index contributed by atoms with van der Waals surface area (Å²) in [5.41, 5.74) is 2.67. The van der Waals surface area contributed by atoms with Crippen LogP contribution in [0.2, 0.25) is 0 Å². The summed E-state index contributed by atoms with van der Waals surface area (Å²) in [5, 5.41) is 4.22. The lowest BCUT2D eigenvalue weighted by atomic mass is 10.3. The molecule has 1 aliphatic heterocycles. The fraction of sp³-hybridized carbons (Fsp3) is 0.571. The molecule has 0 amide bonds. The summed E-state index contributed by atoms with van der Waals surface area (Å²) in [6, 6.07) is 0. The van der Waals surface area contributed by atoms with Crippen molar-refractivity contribution in [3.63, 3.8) is 0 Å². The van der Waals surface area contributed by atoms with Crippen molar-refractivity contribution in [3.8, 4) is 0 Å². The molecule has 0 atom stereocenters. The molecule has 0 unspecified atom stereocenters. The number of fused-ring (bicyclic) bond motifs is 1. The van der Waals surface area contributed by atoms with Crippen LogP contribution in [0.4, 0.5) is 0 Å². The van der Waals surface area contributed by atoms with Crippen molar-refractivity contribution in [2.75, 3.05) is 7.05 Å². The lowest BCUT2D eigenvalue weighted by molar-refractivity contribution is 0.306. The van der Waals surface area contributed by atoms with Crippen LogP contribution >= 0.6 is 0 Å². The van der Waals surface area contributed by atoms with E-state index in [1.165, 1.54) is 11.3 Å². The molecule has 0 spiro atoms. The van der Waals surface area contributed by atoms with Gasteiger partial charge >= 0.3 is 0 Å². The molecule has 0 saturated carbocycles. The van der Waals surface area contributed by atoms with E-state index < -0.39 is 0 Å². The fourth-order valence-electron chi connectivity index (χ4n) is 1.37. The zero-order valence-corrected chi connectivity index (χ0v) is 6.33. The highest BCUT2D eigenvalue weighted by molar-refractivity contribution is 5.16. The van der Waals surface area contributed by atoms with Crippen molar-refractivity contribution < 1.29 is 0 Å². The Hall–Kier alpha value is -0.830. The van der Waals surface area contributed by atoms with Gasteiger partial charge in [0.2, 0.25) is 0 Å². The molecular formula is C7H11N3. The maximum Gasteiger partial charge on any atom is 0.0933 e. The summed E-state index contributed by atoms with van der Waals surface area (Å²) >= 11 is 0. The molecule has 3 nitrogen and oxygen atoms in total. The van der Waals surface area contributed by atoms with Gasteiger partial charge < -0.3 is 0 Å². The van der Waals surface area contributed by atoms with Crippen LogP contribution in [-0.2, 0) is 13.2 Å². The molecule has 3 heteroatoms. The molecule has 10 heavy (non-hydrogen) atoms. The Kier molecular flexibility index (Phi) is 1.08. The van der Waals surface area contributed by atoms with Crippen molar-refractivity contribution in [1.82, 2.24) is 14.7 Å². The standard InChI is InChI=1S/C7H11N3/c1-6-3-8-10-5-9(2)4-7(6)10/h3H,4-5H2,1-2H3. The second-order valence-electron chi connectivity index (χ2n) is 2.93. The third-order valence-corrected chi connectivity index (χ3v) is 1.95. The van der Waals surface area contributed by atoms with Crippen LogP contribution in [0.3, 0.4) is 0 Å². The minimum atomic E-state index is 0.948. The molecule has 0 aromatic carbocycles. The van der Waals surface area contributed by atoms with Gasteiger partial charge in [-0.15, -0.1) is 0 Å². The number of aromatic nitrogens is 2. The number of hydrogen-bond acceptors (Lipinski definition) is 2. The number of aryl methyl sites for hydroxylation is 1. The van der Waals surface area contributed by atoms with Gasteiger partial charge in [0.25, 0.3) is 0 Å². The van der Waals surface area contributed by atoms with Crippen molar-refractivity contribution in [2.45, 2.75) is 20.1 Å². The third kappa shape index (κ3) is 0.671. The second-order valence-corrected chi connectivity index (χ2v) is 2.93. The molecule has 0 N–H and O–H groups in total. The second kappa shape index (κ2) is 1.83. The molecule has 1 aliphatic rings. The van der Waals surface area contributed by atoms with Crippen LogP contribution in [0.5, 0.6) is 0 Å². The van der Waals surface area contributed by atoms with E-state index in [9.17, 15) is 0 Å². The van der Waals surface area contributed by atoms with E-state index in [1.54, 1.807) is 0 Å². The SMILES string of the molecule is Cc1cnn2c1CN(C)C2. The Morgan fingerprint density at radius 1 is 1.60 bits per heavy atom. The summed E-state index contributed by atoms with van der Waals surface area (Å²) in [5.74, 6) is 0. The lowest BCUT2D eigenvalue weighted by Crippen LogP contribution is -2.11. The van der Waals surface area contributed by atoms with Crippen LogP contribution in [0, 0.1) is 6.92 Å². The first-order valence-electron chi connectivity index (χ1n) is 3.47. The molecule has 0 aliphatic carbocycles. The predicted molar refractivity (Wildman–Crippen MR) is 38.4 cm³/mol. The molecule has 1 aromatic rings. The van der Waals surface area contributed by atoms with E-state index >= 15 is 0 Å². The van der Waals surface area contributed by atoms with Crippen LogP contribution < -0.4 is 0 Å². The Morgan fingerprint density at radius 2 is 2.40 bits per heavy atom. The van der Waals surface area contributed by atoms with Crippen molar-refractivity contribution >= 4 is 0 Å². The average Bonchev–Trinajstić information content (AvgIpc) is 2.35. The van der Waals surface area contributed by atoms with Crippen molar-refractivity contribution in [1.29, 1.82) is 0 Å². The van der Waals surface area contributed by atoms with Crippen LogP contribution in [0.15, 0.2) is 6.20 Å². The van der Waals surface area contributed by atoms with Gasteiger partial charge in [-0.25, -0.2) is 0 Å². The quantitative estimate of drug-likeness (QED) is 0.522. The highest BCUT2D eigenvalue weighted by Gasteiger charge is 2.17. The highest BCUT2D eigenvalue weighted by atomic mass is 15.4. The first kappa shape index (κ1) is 5.92. The van der Waals surface area contributed by atoms with Crippen molar-refractivity contribution in [3.05, 3.63) is 17.5 Å². The van der Waals surface area contributed by atoms with E-state index in [2.05, 4.69) is 28.7 Å². The van der Waals surface area contributed by atoms with Crippen LogP contribution in [0.1, 0.15) is 11.3 Å². The van der Waals surface area contributed by atoms with Gasteiger partial charge in [-0.2, -0.15) is 5.10 Å². The monoisotopic (exact) mass is 137 g/mol. The summed E-state index contributed by atoms with van der Waals surface area (Å²) in [6.45, 7) is 4.10. The summed E-state index contributed by atoms with van der Waals surface area (Å²) in [7, 11) is 2.11. The maximum atomic E-state index is 4.22. The largest absolute Gasteiger partial charge is 0.282 e. The molecule has 2 rings (SSSR count). The first-order chi connectivity index (χ1) is 4.77. The molecule has 0 fully saturated rings.